The lowest BCUT2D eigenvalue weighted by Gasteiger charge is -2.39. The number of nitrogens with one attached hydrogen (secondary N) is 1. The topological polar surface area (TPSA) is 92.4 Å². The Morgan fingerprint density at radius 1 is 1.10 bits per heavy atom. The fraction of sp³-hybridized carbons (Fsp3) is 0.867. The van der Waals surface area contributed by atoms with E-state index in [-0.39, 0.29) is 24.3 Å². The molecule has 2 aliphatic rings. The van der Waals surface area contributed by atoms with E-state index in [2.05, 4.69) is 5.32 Å². The van der Waals surface area contributed by atoms with Crippen LogP contribution in [0.1, 0.15) is 64.2 Å². The fourth-order valence-corrected chi connectivity index (χ4v) is 3.70. The first kappa shape index (κ1) is 15.3. The summed E-state index contributed by atoms with van der Waals surface area (Å²) in [4.78, 5) is 23.6. The van der Waals surface area contributed by atoms with Crippen molar-refractivity contribution in [3.8, 4) is 0 Å². The Morgan fingerprint density at radius 3 is 2.35 bits per heavy atom. The second kappa shape index (κ2) is 6.57. The van der Waals surface area contributed by atoms with Crippen molar-refractivity contribution in [1.29, 1.82) is 0 Å². The molecule has 0 saturated heterocycles. The van der Waals surface area contributed by atoms with Gasteiger partial charge in [-0.1, -0.05) is 32.1 Å². The van der Waals surface area contributed by atoms with Crippen molar-refractivity contribution in [3.63, 3.8) is 0 Å². The van der Waals surface area contributed by atoms with Crippen LogP contribution in [0.25, 0.3) is 0 Å². The summed E-state index contributed by atoms with van der Waals surface area (Å²) in [7, 11) is 0. The van der Waals surface area contributed by atoms with Crippen molar-refractivity contribution < 1.29 is 14.7 Å². The highest BCUT2D eigenvalue weighted by atomic mass is 16.4. The van der Waals surface area contributed by atoms with E-state index in [1.165, 1.54) is 0 Å². The summed E-state index contributed by atoms with van der Waals surface area (Å²) in [5.74, 6) is -1.00. The zero-order chi connectivity index (χ0) is 14.6. The molecule has 114 valence electrons. The van der Waals surface area contributed by atoms with Crippen LogP contribution in [0.5, 0.6) is 0 Å². The third-order valence-electron chi connectivity index (χ3n) is 4.84. The van der Waals surface area contributed by atoms with Crippen LogP contribution in [-0.2, 0) is 9.59 Å². The number of hydrogen-bond donors (Lipinski definition) is 3. The number of carboxylic acid groups (broad SMARTS) is 1. The number of carbonyl (C=O) groups is 2. The molecular formula is C15H26N2O3. The Hall–Kier alpha value is -1.10. The van der Waals surface area contributed by atoms with E-state index < -0.39 is 11.5 Å². The second-order valence-corrected chi connectivity index (χ2v) is 6.46. The van der Waals surface area contributed by atoms with E-state index in [4.69, 9.17) is 10.8 Å². The summed E-state index contributed by atoms with van der Waals surface area (Å²) in [5, 5.41) is 12.2. The Labute approximate surface area is 120 Å². The molecule has 0 aromatic rings. The van der Waals surface area contributed by atoms with Crippen LogP contribution in [-0.4, -0.2) is 28.6 Å². The van der Waals surface area contributed by atoms with Gasteiger partial charge in [0.15, 0.2) is 0 Å². The van der Waals surface area contributed by atoms with Crippen LogP contribution in [0.15, 0.2) is 0 Å². The zero-order valence-electron chi connectivity index (χ0n) is 12.1. The van der Waals surface area contributed by atoms with Crippen LogP contribution < -0.4 is 11.1 Å². The Kier molecular flexibility index (Phi) is 5.02. The smallest absolute Gasteiger partial charge is 0.305 e. The van der Waals surface area contributed by atoms with Gasteiger partial charge in [0, 0.05) is 6.04 Å². The largest absolute Gasteiger partial charge is 0.481 e. The standard InChI is InChI=1S/C15H26N2O3/c16-12-7-3-2-6-11(12)14(20)17-15(10-13(18)19)8-4-1-5-9-15/h11-12H,1-10,16H2,(H,17,20)(H,18,19). The Bertz CT molecular complexity index is 364. The third kappa shape index (κ3) is 3.72. The molecule has 0 radical (unpaired) electrons. The lowest BCUT2D eigenvalue weighted by Crippen LogP contribution is -2.55. The van der Waals surface area contributed by atoms with Crippen molar-refractivity contribution in [2.75, 3.05) is 0 Å². The van der Waals surface area contributed by atoms with Gasteiger partial charge in [0.1, 0.15) is 0 Å². The molecule has 4 N–H and O–H groups in total. The molecule has 0 heterocycles. The highest BCUT2D eigenvalue weighted by molar-refractivity contribution is 5.81. The summed E-state index contributed by atoms with van der Waals surface area (Å²) < 4.78 is 0. The summed E-state index contributed by atoms with van der Waals surface area (Å²) in [6.07, 6.45) is 8.53. The number of carboxylic acids is 1. The minimum absolute atomic E-state index is 0.0275. The van der Waals surface area contributed by atoms with E-state index >= 15 is 0 Å². The van der Waals surface area contributed by atoms with E-state index in [0.29, 0.717) is 0 Å². The highest BCUT2D eigenvalue weighted by Crippen LogP contribution is 2.32. The SMILES string of the molecule is NC1CCCCC1C(=O)NC1(CC(=O)O)CCCCC1. The quantitative estimate of drug-likeness (QED) is 0.733. The van der Waals surface area contributed by atoms with Crippen molar-refractivity contribution in [2.45, 2.75) is 75.8 Å². The second-order valence-electron chi connectivity index (χ2n) is 6.46. The van der Waals surface area contributed by atoms with Crippen molar-refractivity contribution in [2.24, 2.45) is 11.7 Å². The molecule has 2 rings (SSSR count). The summed E-state index contributed by atoms with van der Waals surface area (Å²) >= 11 is 0. The van der Waals surface area contributed by atoms with Gasteiger partial charge < -0.3 is 16.2 Å². The van der Waals surface area contributed by atoms with Crippen molar-refractivity contribution >= 4 is 11.9 Å². The summed E-state index contributed by atoms with van der Waals surface area (Å²) in [6, 6.07) is -0.0748. The Morgan fingerprint density at radius 2 is 1.75 bits per heavy atom. The van der Waals surface area contributed by atoms with E-state index in [1.54, 1.807) is 0 Å². The number of nitrogens with two attached hydrogens (primary N) is 1. The molecule has 0 aromatic carbocycles. The first-order valence-corrected chi connectivity index (χ1v) is 7.82. The first-order chi connectivity index (χ1) is 9.52. The van der Waals surface area contributed by atoms with Crippen LogP contribution in [0.3, 0.4) is 0 Å². The molecule has 0 bridgehead atoms. The molecule has 1 amide bonds. The predicted octanol–water partition coefficient (Wildman–Crippen LogP) is 1.80. The number of rotatable bonds is 4. The lowest BCUT2D eigenvalue weighted by atomic mass is 9.77. The normalized spacial score (nSPS) is 29.6. The summed E-state index contributed by atoms with van der Waals surface area (Å²) in [6.45, 7) is 0. The monoisotopic (exact) mass is 282 g/mol. The van der Waals surface area contributed by atoms with Gasteiger partial charge in [-0.2, -0.15) is 0 Å². The van der Waals surface area contributed by atoms with Gasteiger partial charge in [-0.05, 0) is 25.7 Å². The van der Waals surface area contributed by atoms with Gasteiger partial charge in [-0.15, -0.1) is 0 Å². The lowest BCUT2D eigenvalue weighted by molar-refractivity contribution is -0.140. The molecule has 2 saturated carbocycles. The van der Waals surface area contributed by atoms with Gasteiger partial charge in [0.05, 0.1) is 17.9 Å². The number of carbonyl (C=O) groups excluding carboxylic acids is 1. The van der Waals surface area contributed by atoms with E-state index in [0.717, 1.165) is 57.8 Å². The molecule has 20 heavy (non-hydrogen) atoms. The van der Waals surface area contributed by atoms with Gasteiger partial charge >= 0.3 is 5.97 Å². The number of hydrogen-bond acceptors (Lipinski definition) is 3. The average molecular weight is 282 g/mol. The van der Waals surface area contributed by atoms with E-state index in [9.17, 15) is 9.59 Å². The molecule has 2 unspecified atom stereocenters. The molecule has 5 heteroatoms. The number of aliphatic carboxylic acids is 1. The third-order valence-corrected chi connectivity index (χ3v) is 4.84. The van der Waals surface area contributed by atoms with Crippen molar-refractivity contribution in [3.05, 3.63) is 0 Å². The van der Waals surface area contributed by atoms with Crippen LogP contribution >= 0.6 is 0 Å². The minimum atomic E-state index is -0.833. The van der Waals surface area contributed by atoms with Gasteiger partial charge in [0.2, 0.25) is 5.91 Å². The van der Waals surface area contributed by atoms with Crippen molar-refractivity contribution in [1.82, 2.24) is 5.32 Å². The summed E-state index contributed by atoms with van der Waals surface area (Å²) in [5.41, 5.74) is 5.51. The maximum atomic E-state index is 12.5. The first-order valence-electron chi connectivity index (χ1n) is 7.82. The van der Waals surface area contributed by atoms with Crippen LogP contribution in [0.4, 0.5) is 0 Å². The zero-order valence-corrected chi connectivity index (χ0v) is 12.1. The predicted molar refractivity (Wildman–Crippen MR) is 76.1 cm³/mol. The average Bonchev–Trinajstić information content (AvgIpc) is 2.39. The molecule has 0 aromatic heterocycles. The van der Waals surface area contributed by atoms with Crippen LogP contribution in [0.2, 0.25) is 0 Å². The van der Waals surface area contributed by atoms with Gasteiger partial charge in [0.25, 0.3) is 0 Å². The van der Waals surface area contributed by atoms with E-state index in [1.807, 2.05) is 0 Å². The fourth-order valence-electron chi connectivity index (χ4n) is 3.70. The highest BCUT2D eigenvalue weighted by Gasteiger charge is 2.38. The van der Waals surface area contributed by atoms with Gasteiger partial charge in [-0.3, -0.25) is 9.59 Å². The molecule has 2 fully saturated rings. The Balaban J connectivity index is 2.02. The molecular weight excluding hydrogens is 256 g/mol. The molecule has 2 aliphatic carbocycles. The molecule has 2 atom stereocenters. The molecule has 0 aliphatic heterocycles. The maximum Gasteiger partial charge on any atom is 0.305 e. The van der Waals surface area contributed by atoms with Crippen LogP contribution in [0, 0.1) is 5.92 Å². The maximum absolute atomic E-state index is 12.5. The van der Waals surface area contributed by atoms with Gasteiger partial charge in [-0.25, -0.2) is 0 Å². The molecule has 0 spiro atoms. The molecule has 5 nitrogen and oxygen atoms in total. The number of amides is 1. The minimum Gasteiger partial charge on any atom is -0.481 e.